The maximum Gasteiger partial charge on any atom is 0.203 e. The van der Waals surface area contributed by atoms with Crippen LogP contribution in [0.2, 0.25) is 0 Å². The van der Waals surface area contributed by atoms with Gasteiger partial charge in [-0.05, 0) is 36.5 Å². The van der Waals surface area contributed by atoms with Crippen LogP contribution in [-0.2, 0) is 0 Å². The van der Waals surface area contributed by atoms with Gasteiger partial charge >= 0.3 is 0 Å². The van der Waals surface area contributed by atoms with Gasteiger partial charge in [0, 0.05) is 17.7 Å². The molecule has 0 saturated carbocycles. The van der Waals surface area contributed by atoms with Gasteiger partial charge in [0.2, 0.25) is 5.75 Å². The summed E-state index contributed by atoms with van der Waals surface area (Å²) in [6, 6.07) is 11.2. The molecule has 0 bridgehead atoms. The van der Waals surface area contributed by atoms with Gasteiger partial charge in [0.25, 0.3) is 0 Å². The monoisotopic (exact) mass is 373 g/mol. The lowest BCUT2D eigenvalue weighted by Crippen LogP contribution is -2.01. The molecule has 1 N–H and O–H groups in total. The maximum atomic E-state index is 5.43. The molecule has 0 fully saturated rings. The highest BCUT2D eigenvalue weighted by molar-refractivity contribution is 7.71. The lowest BCUT2D eigenvalue weighted by molar-refractivity contribution is 0.324. The Morgan fingerprint density at radius 2 is 1.50 bits per heavy atom. The number of nitrogens with zero attached hydrogens (tertiary/aromatic N) is 2. The SMILES string of the molecule is COc1ccc(-c2n[nH]c(=S)n2-c2cc(OC)c(OC)c(OC)c2)cc1. The summed E-state index contributed by atoms with van der Waals surface area (Å²) in [5.41, 5.74) is 1.62. The third-order valence-electron chi connectivity index (χ3n) is 3.93. The molecule has 8 heteroatoms. The molecule has 2 aromatic carbocycles. The second-order valence-electron chi connectivity index (χ2n) is 5.30. The van der Waals surface area contributed by atoms with Gasteiger partial charge in [0.1, 0.15) is 5.75 Å². The van der Waals surface area contributed by atoms with Crippen LogP contribution in [0.4, 0.5) is 0 Å². The Kier molecular flexibility index (Phi) is 5.13. The van der Waals surface area contributed by atoms with E-state index in [9.17, 15) is 0 Å². The Bertz CT molecular complexity index is 938. The molecule has 1 aromatic heterocycles. The van der Waals surface area contributed by atoms with Crippen LogP contribution in [0.1, 0.15) is 0 Å². The average Bonchev–Trinajstić information content (AvgIpc) is 3.08. The van der Waals surface area contributed by atoms with Crippen LogP contribution in [0.3, 0.4) is 0 Å². The predicted octanol–water partition coefficient (Wildman–Crippen LogP) is 3.63. The third kappa shape index (κ3) is 3.11. The van der Waals surface area contributed by atoms with Crippen molar-refractivity contribution in [2.24, 2.45) is 0 Å². The lowest BCUT2D eigenvalue weighted by atomic mass is 10.2. The summed E-state index contributed by atoms with van der Waals surface area (Å²) < 4.78 is 23.7. The number of H-pyrrole nitrogens is 1. The normalized spacial score (nSPS) is 10.5. The van der Waals surface area contributed by atoms with E-state index in [1.54, 1.807) is 28.4 Å². The molecule has 0 aliphatic carbocycles. The number of aromatic amines is 1. The summed E-state index contributed by atoms with van der Waals surface area (Å²) >= 11 is 5.43. The van der Waals surface area contributed by atoms with E-state index < -0.39 is 0 Å². The zero-order chi connectivity index (χ0) is 18.7. The fourth-order valence-electron chi connectivity index (χ4n) is 2.67. The molecule has 136 valence electrons. The topological polar surface area (TPSA) is 70.5 Å². The van der Waals surface area contributed by atoms with Crippen LogP contribution in [0.25, 0.3) is 17.1 Å². The molecule has 0 unspecified atom stereocenters. The van der Waals surface area contributed by atoms with E-state index in [0.29, 0.717) is 27.8 Å². The first-order valence-electron chi connectivity index (χ1n) is 7.75. The van der Waals surface area contributed by atoms with Gasteiger partial charge in [-0.15, -0.1) is 0 Å². The number of aromatic nitrogens is 3. The summed E-state index contributed by atoms with van der Waals surface area (Å²) in [7, 11) is 6.33. The highest BCUT2D eigenvalue weighted by atomic mass is 32.1. The molecule has 0 aliphatic rings. The van der Waals surface area contributed by atoms with Crippen molar-refractivity contribution in [1.82, 2.24) is 14.8 Å². The second-order valence-corrected chi connectivity index (χ2v) is 5.69. The van der Waals surface area contributed by atoms with Gasteiger partial charge in [-0.3, -0.25) is 9.67 Å². The Labute approximate surface area is 156 Å². The fraction of sp³-hybridized carbons (Fsp3) is 0.222. The van der Waals surface area contributed by atoms with Crippen molar-refractivity contribution in [2.75, 3.05) is 28.4 Å². The van der Waals surface area contributed by atoms with Gasteiger partial charge in [-0.25, -0.2) is 0 Å². The van der Waals surface area contributed by atoms with Gasteiger partial charge in [0.05, 0.1) is 34.1 Å². The molecule has 3 rings (SSSR count). The first-order valence-corrected chi connectivity index (χ1v) is 8.16. The van der Waals surface area contributed by atoms with Crippen molar-refractivity contribution in [3.05, 3.63) is 41.2 Å². The maximum absolute atomic E-state index is 5.43. The Morgan fingerprint density at radius 1 is 0.885 bits per heavy atom. The number of benzene rings is 2. The molecular weight excluding hydrogens is 354 g/mol. The zero-order valence-corrected chi connectivity index (χ0v) is 15.7. The molecule has 0 spiro atoms. The second kappa shape index (κ2) is 7.49. The van der Waals surface area contributed by atoms with Crippen molar-refractivity contribution in [3.63, 3.8) is 0 Å². The molecule has 7 nitrogen and oxygen atoms in total. The van der Waals surface area contributed by atoms with E-state index >= 15 is 0 Å². The molecule has 1 heterocycles. The Morgan fingerprint density at radius 3 is 2.00 bits per heavy atom. The number of ether oxygens (including phenoxy) is 4. The zero-order valence-electron chi connectivity index (χ0n) is 14.9. The van der Waals surface area contributed by atoms with Crippen LogP contribution >= 0.6 is 12.2 Å². The van der Waals surface area contributed by atoms with E-state index in [2.05, 4.69) is 10.2 Å². The van der Waals surface area contributed by atoms with Crippen LogP contribution in [0, 0.1) is 4.77 Å². The minimum Gasteiger partial charge on any atom is -0.497 e. The minimum absolute atomic E-state index is 0.449. The fourth-order valence-corrected chi connectivity index (χ4v) is 2.90. The van der Waals surface area contributed by atoms with E-state index in [-0.39, 0.29) is 0 Å². The lowest BCUT2D eigenvalue weighted by Gasteiger charge is -2.15. The van der Waals surface area contributed by atoms with E-state index in [4.69, 9.17) is 31.2 Å². The minimum atomic E-state index is 0.449. The van der Waals surface area contributed by atoms with Crippen molar-refractivity contribution in [1.29, 1.82) is 0 Å². The smallest absolute Gasteiger partial charge is 0.203 e. The number of hydrogen-bond donors (Lipinski definition) is 1. The van der Waals surface area contributed by atoms with Crippen molar-refractivity contribution >= 4 is 12.2 Å². The number of hydrogen-bond acceptors (Lipinski definition) is 6. The summed E-state index contributed by atoms with van der Waals surface area (Å²) in [4.78, 5) is 0. The molecule has 0 amide bonds. The molecule has 0 saturated heterocycles. The van der Waals surface area contributed by atoms with E-state index in [1.807, 2.05) is 41.0 Å². The molecule has 26 heavy (non-hydrogen) atoms. The van der Waals surface area contributed by atoms with Crippen LogP contribution in [-0.4, -0.2) is 43.2 Å². The summed E-state index contributed by atoms with van der Waals surface area (Å²) in [5, 5.41) is 7.20. The Balaban J connectivity index is 2.18. The van der Waals surface area contributed by atoms with Gasteiger partial charge in [-0.1, -0.05) is 0 Å². The van der Waals surface area contributed by atoms with Gasteiger partial charge in [0.15, 0.2) is 22.1 Å². The first-order chi connectivity index (χ1) is 12.6. The average molecular weight is 373 g/mol. The van der Waals surface area contributed by atoms with Crippen LogP contribution < -0.4 is 18.9 Å². The van der Waals surface area contributed by atoms with E-state index in [0.717, 1.165) is 17.0 Å². The highest BCUT2D eigenvalue weighted by Gasteiger charge is 2.17. The summed E-state index contributed by atoms with van der Waals surface area (Å²) in [6.45, 7) is 0. The molecule has 0 aliphatic heterocycles. The highest BCUT2D eigenvalue weighted by Crippen LogP contribution is 2.40. The summed E-state index contributed by atoms with van der Waals surface area (Å²) in [5.74, 6) is 3.00. The molecule has 3 aromatic rings. The third-order valence-corrected chi connectivity index (χ3v) is 4.20. The Hall–Kier alpha value is -3.00. The predicted molar refractivity (Wildman–Crippen MR) is 100 cm³/mol. The first kappa shape index (κ1) is 17.8. The molecule has 0 atom stereocenters. The number of rotatable bonds is 6. The van der Waals surface area contributed by atoms with Crippen LogP contribution in [0.5, 0.6) is 23.0 Å². The quantitative estimate of drug-likeness (QED) is 0.666. The molecular formula is C18H19N3O4S. The van der Waals surface area contributed by atoms with Gasteiger partial charge < -0.3 is 18.9 Å². The number of methoxy groups -OCH3 is 4. The summed E-state index contributed by atoms with van der Waals surface area (Å²) in [6.07, 6.45) is 0. The van der Waals surface area contributed by atoms with Crippen molar-refractivity contribution in [2.45, 2.75) is 0 Å². The van der Waals surface area contributed by atoms with Crippen molar-refractivity contribution in [3.8, 4) is 40.1 Å². The van der Waals surface area contributed by atoms with Gasteiger partial charge in [-0.2, -0.15) is 5.10 Å². The number of nitrogens with one attached hydrogen (secondary N) is 1. The van der Waals surface area contributed by atoms with Crippen molar-refractivity contribution < 1.29 is 18.9 Å². The van der Waals surface area contributed by atoms with E-state index in [1.165, 1.54) is 0 Å². The molecule has 0 radical (unpaired) electrons. The standard InChI is InChI=1S/C18H19N3O4S/c1-22-13-7-5-11(6-8-13)17-19-20-18(26)21(17)12-9-14(23-2)16(25-4)15(10-12)24-3/h5-10H,1-4H3,(H,20,26). The van der Waals surface area contributed by atoms with Crippen LogP contribution in [0.15, 0.2) is 36.4 Å². The largest absolute Gasteiger partial charge is 0.497 e.